The fraction of sp³-hybridized carbons (Fsp3) is 0. The molecule has 5 nitrogen and oxygen atoms in total. The van der Waals surface area contributed by atoms with Gasteiger partial charge in [0.25, 0.3) is 0 Å². The zero-order valence-corrected chi connectivity index (χ0v) is 9.97. The number of hydrogen-bond donors (Lipinski definition) is 0. The minimum absolute atomic E-state index is 0.128. The maximum Gasteiger partial charge on any atom is 0.213 e. The number of benzene rings is 1. The summed E-state index contributed by atoms with van der Waals surface area (Å²) in [6.07, 6.45) is 4.64. The SMILES string of the molecule is O=C(c1ccncc1)c1cnnn1-c1ccccc1. The summed E-state index contributed by atoms with van der Waals surface area (Å²) < 4.78 is 1.53. The van der Waals surface area contributed by atoms with E-state index in [4.69, 9.17) is 0 Å². The van der Waals surface area contributed by atoms with Crippen LogP contribution in [0.15, 0.2) is 61.1 Å². The first kappa shape index (κ1) is 11.3. The van der Waals surface area contributed by atoms with Crippen molar-refractivity contribution in [3.05, 3.63) is 72.3 Å². The van der Waals surface area contributed by atoms with E-state index < -0.39 is 0 Å². The Hall–Kier alpha value is -2.82. The van der Waals surface area contributed by atoms with E-state index in [0.29, 0.717) is 11.3 Å². The van der Waals surface area contributed by atoms with Crippen molar-refractivity contribution in [3.63, 3.8) is 0 Å². The summed E-state index contributed by atoms with van der Waals surface area (Å²) >= 11 is 0. The lowest BCUT2D eigenvalue weighted by atomic mass is 10.1. The van der Waals surface area contributed by atoms with Gasteiger partial charge in [-0.1, -0.05) is 23.4 Å². The molecule has 0 amide bonds. The third-order valence-corrected chi connectivity index (χ3v) is 2.73. The summed E-state index contributed by atoms with van der Waals surface area (Å²) in [5, 5.41) is 7.78. The van der Waals surface area contributed by atoms with Crippen LogP contribution in [-0.4, -0.2) is 25.8 Å². The zero-order valence-electron chi connectivity index (χ0n) is 9.97. The molecule has 2 aromatic heterocycles. The first-order chi connectivity index (χ1) is 9.36. The van der Waals surface area contributed by atoms with Crippen LogP contribution in [0, 0.1) is 0 Å². The van der Waals surface area contributed by atoms with Crippen LogP contribution < -0.4 is 0 Å². The minimum Gasteiger partial charge on any atom is -0.287 e. The second-order valence-corrected chi connectivity index (χ2v) is 3.93. The molecule has 0 spiro atoms. The largest absolute Gasteiger partial charge is 0.287 e. The second-order valence-electron chi connectivity index (χ2n) is 3.93. The second kappa shape index (κ2) is 4.81. The third-order valence-electron chi connectivity index (χ3n) is 2.73. The number of pyridine rings is 1. The lowest BCUT2D eigenvalue weighted by Gasteiger charge is -2.04. The molecule has 0 N–H and O–H groups in total. The molecule has 2 heterocycles. The quantitative estimate of drug-likeness (QED) is 0.666. The fourth-order valence-electron chi connectivity index (χ4n) is 1.80. The highest BCUT2D eigenvalue weighted by Crippen LogP contribution is 2.12. The third kappa shape index (κ3) is 2.13. The molecule has 0 saturated heterocycles. The van der Waals surface area contributed by atoms with E-state index in [-0.39, 0.29) is 5.78 Å². The number of carbonyl (C=O) groups is 1. The van der Waals surface area contributed by atoms with Gasteiger partial charge in [0, 0.05) is 18.0 Å². The standard InChI is InChI=1S/C14H10N4O/c19-14(11-6-8-15-9-7-11)13-10-16-17-18(13)12-4-2-1-3-5-12/h1-10H. The van der Waals surface area contributed by atoms with Crippen molar-refractivity contribution in [2.75, 3.05) is 0 Å². The Bertz CT molecular complexity index is 692. The number of carbonyl (C=O) groups excluding carboxylic acids is 1. The molecule has 0 aliphatic heterocycles. The molecule has 0 unspecified atom stereocenters. The molecule has 0 aliphatic carbocycles. The molecule has 0 saturated carbocycles. The Morgan fingerprint density at radius 1 is 1.00 bits per heavy atom. The number of rotatable bonds is 3. The highest BCUT2D eigenvalue weighted by atomic mass is 16.1. The predicted molar refractivity (Wildman–Crippen MR) is 69.0 cm³/mol. The molecule has 1 aromatic carbocycles. The van der Waals surface area contributed by atoms with Gasteiger partial charge in [0.1, 0.15) is 5.69 Å². The van der Waals surface area contributed by atoms with Crippen LogP contribution in [-0.2, 0) is 0 Å². The molecule has 19 heavy (non-hydrogen) atoms. The van der Waals surface area contributed by atoms with Crippen molar-refractivity contribution in [2.45, 2.75) is 0 Å². The summed E-state index contributed by atoms with van der Waals surface area (Å²) in [5.41, 5.74) is 1.80. The summed E-state index contributed by atoms with van der Waals surface area (Å²) in [5.74, 6) is -0.128. The Morgan fingerprint density at radius 3 is 2.47 bits per heavy atom. The first-order valence-corrected chi connectivity index (χ1v) is 5.77. The first-order valence-electron chi connectivity index (χ1n) is 5.77. The van der Waals surface area contributed by atoms with Crippen molar-refractivity contribution >= 4 is 5.78 Å². The van der Waals surface area contributed by atoms with Gasteiger partial charge in [0.2, 0.25) is 5.78 Å². The minimum atomic E-state index is -0.128. The lowest BCUT2D eigenvalue weighted by Crippen LogP contribution is -2.10. The van der Waals surface area contributed by atoms with Gasteiger partial charge in [-0.25, -0.2) is 4.68 Å². The van der Waals surface area contributed by atoms with E-state index in [0.717, 1.165) is 5.69 Å². The highest BCUT2D eigenvalue weighted by molar-refractivity contribution is 6.07. The van der Waals surface area contributed by atoms with Crippen molar-refractivity contribution in [2.24, 2.45) is 0 Å². The van der Waals surface area contributed by atoms with Crippen molar-refractivity contribution in [1.82, 2.24) is 20.0 Å². The molecule has 0 atom stereocenters. The summed E-state index contributed by atoms with van der Waals surface area (Å²) in [6, 6.07) is 12.8. The molecule has 92 valence electrons. The van der Waals surface area contributed by atoms with Crippen molar-refractivity contribution < 1.29 is 4.79 Å². The van der Waals surface area contributed by atoms with Crippen LogP contribution in [0.2, 0.25) is 0 Å². The zero-order chi connectivity index (χ0) is 13.1. The van der Waals surface area contributed by atoms with Gasteiger partial charge >= 0.3 is 0 Å². The molecule has 5 heteroatoms. The van der Waals surface area contributed by atoms with Crippen molar-refractivity contribution in [3.8, 4) is 5.69 Å². The number of para-hydroxylation sites is 1. The molecule has 0 bridgehead atoms. The van der Waals surface area contributed by atoms with Gasteiger partial charge in [0.15, 0.2) is 0 Å². The molecule has 3 aromatic rings. The van der Waals surface area contributed by atoms with Gasteiger partial charge in [-0.2, -0.15) is 0 Å². The van der Waals surface area contributed by atoms with E-state index in [1.54, 1.807) is 24.5 Å². The van der Waals surface area contributed by atoms with E-state index in [1.807, 2.05) is 30.3 Å². The van der Waals surface area contributed by atoms with Crippen molar-refractivity contribution in [1.29, 1.82) is 0 Å². The predicted octanol–water partition coefficient (Wildman–Crippen LogP) is 1.89. The summed E-state index contributed by atoms with van der Waals surface area (Å²) in [6.45, 7) is 0. The monoisotopic (exact) mass is 250 g/mol. The van der Waals surface area contributed by atoms with Gasteiger partial charge in [-0.3, -0.25) is 9.78 Å². The highest BCUT2D eigenvalue weighted by Gasteiger charge is 2.16. The molecule has 0 aliphatic rings. The van der Waals surface area contributed by atoms with Crippen LogP contribution in [0.4, 0.5) is 0 Å². The number of aromatic nitrogens is 4. The van der Waals surface area contributed by atoms with Crippen LogP contribution in [0.3, 0.4) is 0 Å². The Kier molecular flexibility index (Phi) is 2.86. The van der Waals surface area contributed by atoms with Gasteiger partial charge in [-0.05, 0) is 24.3 Å². The summed E-state index contributed by atoms with van der Waals surface area (Å²) in [4.78, 5) is 16.3. The van der Waals surface area contributed by atoms with E-state index >= 15 is 0 Å². The molecular weight excluding hydrogens is 240 g/mol. The summed E-state index contributed by atoms with van der Waals surface area (Å²) in [7, 11) is 0. The van der Waals surface area contributed by atoms with Gasteiger partial charge in [-0.15, -0.1) is 5.10 Å². The maximum absolute atomic E-state index is 12.4. The number of ketones is 1. The smallest absolute Gasteiger partial charge is 0.213 e. The number of hydrogen-bond acceptors (Lipinski definition) is 4. The van der Waals surface area contributed by atoms with Gasteiger partial charge < -0.3 is 0 Å². The van der Waals surface area contributed by atoms with E-state index in [2.05, 4.69) is 15.3 Å². The average Bonchev–Trinajstić information content (AvgIpc) is 2.98. The van der Waals surface area contributed by atoms with Crippen LogP contribution >= 0.6 is 0 Å². The van der Waals surface area contributed by atoms with E-state index in [9.17, 15) is 4.79 Å². The van der Waals surface area contributed by atoms with E-state index in [1.165, 1.54) is 10.9 Å². The topological polar surface area (TPSA) is 60.7 Å². The Labute approximate surface area is 109 Å². The van der Waals surface area contributed by atoms with Crippen LogP contribution in [0.1, 0.15) is 16.1 Å². The molecule has 0 fully saturated rings. The van der Waals surface area contributed by atoms with Crippen LogP contribution in [0.25, 0.3) is 5.69 Å². The fourth-order valence-corrected chi connectivity index (χ4v) is 1.80. The van der Waals surface area contributed by atoms with Gasteiger partial charge in [0.05, 0.1) is 11.9 Å². The molecule has 0 radical (unpaired) electrons. The molecule has 3 rings (SSSR count). The maximum atomic E-state index is 12.4. The average molecular weight is 250 g/mol. The lowest BCUT2D eigenvalue weighted by molar-refractivity contribution is 0.103. The Morgan fingerprint density at radius 2 is 1.74 bits per heavy atom. The molecular formula is C14H10N4O. The normalized spacial score (nSPS) is 10.3. The van der Waals surface area contributed by atoms with Crippen LogP contribution in [0.5, 0.6) is 0 Å². The Balaban J connectivity index is 2.04. The number of nitrogens with zero attached hydrogens (tertiary/aromatic N) is 4.